The number of methoxy groups -OCH3 is 1. The van der Waals surface area contributed by atoms with E-state index in [-0.39, 0.29) is 18.5 Å². The van der Waals surface area contributed by atoms with Gasteiger partial charge in [0.1, 0.15) is 5.75 Å². The summed E-state index contributed by atoms with van der Waals surface area (Å²) in [7, 11) is 1.65. The van der Waals surface area contributed by atoms with Crippen molar-refractivity contribution in [1.29, 1.82) is 0 Å². The van der Waals surface area contributed by atoms with Crippen LogP contribution in [0.3, 0.4) is 0 Å². The Balaban J connectivity index is 1.70. The average Bonchev–Trinajstić information content (AvgIpc) is 3.06. The van der Waals surface area contributed by atoms with Gasteiger partial charge >= 0.3 is 0 Å². The summed E-state index contributed by atoms with van der Waals surface area (Å²) in [4.78, 5) is 14.7. The first-order chi connectivity index (χ1) is 12.5. The topological polar surface area (TPSA) is 41.6 Å². The highest BCUT2D eigenvalue weighted by Crippen LogP contribution is 2.35. The van der Waals surface area contributed by atoms with Gasteiger partial charge in [0.25, 0.3) is 0 Å². The van der Waals surface area contributed by atoms with Gasteiger partial charge in [-0.2, -0.15) is 0 Å². The summed E-state index contributed by atoms with van der Waals surface area (Å²) in [6, 6.07) is 11.3. The van der Waals surface area contributed by atoms with E-state index in [1.165, 1.54) is 0 Å². The summed E-state index contributed by atoms with van der Waals surface area (Å²) in [6.07, 6.45) is 2.04. The van der Waals surface area contributed by atoms with Crippen LogP contribution in [0, 0.1) is 0 Å². The third kappa shape index (κ3) is 4.44. The van der Waals surface area contributed by atoms with Crippen LogP contribution in [0.2, 0.25) is 15.1 Å². The number of hydrogen-bond acceptors (Lipinski definition) is 3. The second kappa shape index (κ2) is 8.49. The minimum absolute atomic E-state index is 0.161. The number of carbonyl (C=O) groups excluding carboxylic acids is 1. The maximum Gasteiger partial charge on any atom is 0.238 e. The first-order valence-corrected chi connectivity index (χ1v) is 9.43. The Morgan fingerprint density at radius 3 is 2.65 bits per heavy atom. The molecule has 1 aliphatic rings. The van der Waals surface area contributed by atoms with Gasteiger partial charge in [-0.05, 0) is 49.2 Å². The highest BCUT2D eigenvalue weighted by atomic mass is 35.5. The molecule has 1 amide bonds. The zero-order valence-corrected chi connectivity index (χ0v) is 16.5. The first-order valence-electron chi connectivity index (χ1n) is 8.30. The van der Waals surface area contributed by atoms with Crippen LogP contribution in [-0.2, 0) is 4.79 Å². The molecule has 1 unspecified atom stereocenters. The standard InChI is InChI=1S/C19H19Cl3N2O2/c1-26-14-5-2-4-12(8-14)17-6-3-7-24(17)11-18(25)23-19-15(21)9-13(20)10-16(19)22/h2,4-5,8-10,17H,3,6-7,11H2,1H3,(H,23,25). The number of anilines is 1. The lowest BCUT2D eigenvalue weighted by Crippen LogP contribution is -2.33. The summed E-state index contributed by atoms with van der Waals surface area (Å²) in [5.74, 6) is 0.657. The zero-order valence-electron chi connectivity index (χ0n) is 14.3. The summed E-state index contributed by atoms with van der Waals surface area (Å²) in [5, 5.41) is 3.87. The monoisotopic (exact) mass is 412 g/mol. The number of halogens is 3. The minimum Gasteiger partial charge on any atom is -0.497 e. The number of ether oxygens (including phenoxy) is 1. The molecule has 0 radical (unpaired) electrons. The van der Waals surface area contributed by atoms with Crippen molar-refractivity contribution in [3.8, 4) is 5.75 Å². The fourth-order valence-electron chi connectivity index (χ4n) is 3.27. The number of likely N-dealkylation sites (tertiary alicyclic amines) is 1. The molecule has 0 bridgehead atoms. The molecule has 1 aliphatic heterocycles. The van der Waals surface area contributed by atoms with Gasteiger partial charge in [-0.15, -0.1) is 0 Å². The molecular weight excluding hydrogens is 395 g/mol. The first kappa shape index (κ1) is 19.3. The van der Waals surface area contributed by atoms with E-state index in [0.717, 1.165) is 30.7 Å². The molecule has 1 atom stereocenters. The molecule has 2 aromatic rings. The third-order valence-electron chi connectivity index (χ3n) is 4.46. The van der Waals surface area contributed by atoms with Crippen molar-refractivity contribution < 1.29 is 9.53 Å². The lowest BCUT2D eigenvalue weighted by Gasteiger charge is -2.24. The van der Waals surface area contributed by atoms with Gasteiger partial charge in [0.05, 0.1) is 29.4 Å². The smallest absolute Gasteiger partial charge is 0.238 e. The van der Waals surface area contributed by atoms with Crippen molar-refractivity contribution in [3.05, 3.63) is 57.0 Å². The van der Waals surface area contributed by atoms with Crippen LogP contribution in [0.15, 0.2) is 36.4 Å². The van der Waals surface area contributed by atoms with E-state index in [1.54, 1.807) is 19.2 Å². The van der Waals surface area contributed by atoms with Crippen LogP contribution in [0.25, 0.3) is 0 Å². The van der Waals surface area contributed by atoms with E-state index < -0.39 is 0 Å². The highest BCUT2D eigenvalue weighted by Gasteiger charge is 2.28. The largest absolute Gasteiger partial charge is 0.497 e. The molecule has 0 spiro atoms. The van der Waals surface area contributed by atoms with Crippen molar-refractivity contribution in [3.63, 3.8) is 0 Å². The number of hydrogen-bond donors (Lipinski definition) is 1. The maximum absolute atomic E-state index is 12.5. The van der Waals surface area contributed by atoms with Crippen molar-refractivity contribution in [2.45, 2.75) is 18.9 Å². The number of benzene rings is 2. The van der Waals surface area contributed by atoms with Gasteiger partial charge in [0.2, 0.25) is 5.91 Å². The molecule has 1 fully saturated rings. The predicted octanol–water partition coefficient (Wildman–Crippen LogP) is 5.43. The van der Waals surface area contributed by atoms with Crippen molar-refractivity contribution in [1.82, 2.24) is 4.90 Å². The number of amides is 1. The number of nitrogens with one attached hydrogen (secondary N) is 1. The van der Waals surface area contributed by atoms with Crippen molar-refractivity contribution >= 4 is 46.4 Å². The SMILES string of the molecule is COc1cccc(C2CCCN2CC(=O)Nc2c(Cl)cc(Cl)cc2Cl)c1. The molecule has 7 heteroatoms. The molecule has 0 aromatic heterocycles. The van der Waals surface area contributed by atoms with Gasteiger partial charge in [-0.1, -0.05) is 46.9 Å². The molecular formula is C19H19Cl3N2O2. The van der Waals surface area contributed by atoms with Crippen LogP contribution in [-0.4, -0.2) is 31.0 Å². The normalized spacial score (nSPS) is 17.3. The Hall–Kier alpha value is -1.46. The van der Waals surface area contributed by atoms with E-state index in [4.69, 9.17) is 39.5 Å². The highest BCUT2D eigenvalue weighted by molar-refractivity contribution is 6.42. The van der Waals surface area contributed by atoms with Gasteiger partial charge in [-0.25, -0.2) is 0 Å². The Kier molecular flexibility index (Phi) is 6.30. The summed E-state index contributed by atoms with van der Waals surface area (Å²) in [6.45, 7) is 1.12. The quantitative estimate of drug-likeness (QED) is 0.710. The summed E-state index contributed by atoms with van der Waals surface area (Å²) in [5.41, 5.74) is 1.54. The molecule has 0 aliphatic carbocycles. The van der Waals surface area contributed by atoms with E-state index in [2.05, 4.69) is 16.3 Å². The molecule has 2 aromatic carbocycles. The summed E-state index contributed by atoms with van der Waals surface area (Å²) >= 11 is 18.2. The molecule has 1 N–H and O–H groups in total. The van der Waals surface area contributed by atoms with Crippen LogP contribution in [0.5, 0.6) is 5.75 Å². The van der Waals surface area contributed by atoms with E-state index in [1.807, 2.05) is 18.2 Å². The Bertz CT molecular complexity index is 790. The molecule has 0 saturated carbocycles. The fraction of sp³-hybridized carbons (Fsp3) is 0.316. The van der Waals surface area contributed by atoms with E-state index >= 15 is 0 Å². The lowest BCUT2D eigenvalue weighted by molar-refractivity contribution is -0.117. The second-order valence-corrected chi connectivity index (χ2v) is 7.45. The molecule has 1 heterocycles. The Labute approximate surface area is 168 Å². The molecule has 3 rings (SSSR count). The van der Waals surface area contributed by atoms with Crippen molar-refractivity contribution in [2.24, 2.45) is 0 Å². The molecule has 4 nitrogen and oxygen atoms in total. The molecule has 26 heavy (non-hydrogen) atoms. The number of nitrogens with zero attached hydrogens (tertiary/aromatic N) is 1. The van der Waals surface area contributed by atoms with Crippen molar-refractivity contribution in [2.75, 3.05) is 25.5 Å². The van der Waals surface area contributed by atoms with Gasteiger partial charge < -0.3 is 10.1 Å². The van der Waals surface area contributed by atoms with Gasteiger partial charge in [0.15, 0.2) is 0 Å². The fourth-order valence-corrected chi connectivity index (χ4v) is 4.18. The van der Waals surface area contributed by atoms with Crippen LogP contribution in [0.1, 0.15) is 24.4 Å². The molecule has 1 saturated heterocycles. The molecule has 138 valence electrons. The van der Waals surface area contributed by atoms with Gasteiger partial charge in [0, 0.05) is 11.1 Å². The van der Waals surface area contributed by atoms with E-state index in [0.29, 0.717) is 20.8 Å². The van der Waals surface area contributed by atoms with Crippen LogP contribution >= 0.6 is 34.8 Å². The Morgan fingerprint density at radius 2 is 1.96 bits per heavy atom. The third-order valence-corrected chi connectivity index (χ3v) is 5.27. The second-order valence-electron chi connectivity index (χ2n) is 6.20. The minimum atomic E-state index is -0.161. The van der Waals surface area contributed by atoms with Gasteiger partial charge in [-0.3, -0.25) is 9.69 Å². The number of rotatable bonds is 5. The van der Waals surface area contributed by atoms with Crippen LogP contribution in [0.4, 0.5) is 5.69 Å². The average molecular weight is 414 g/mol. The number of carbonyl (C=O) groups is 1. The maximum atomic E-state index is 12.5. The van der Waals surface area contributed by atoms with Crippen LogP contribution < -0.4 is 10.1 Å². The predicted molar refractivity (Wildman–Crippen MR) is 107 cm³/mol. The Morgan fingerprint density at radius 1 is 1.23 bits per heavy atom. The summed E-state index contributed by atoms with van der Waals surface area (Å²) < 4.78 is 5.31. The zero-order chi connectivity index (χ0) is 18.7. The van der Waals surface area contributed by atoms with E-state index in [9.17, 15) is 4.79 Å². The lowest BCUT2D eigenvalue weighted by atomic mass is 10.0.